The molecule has 0 radical (unpaired) electrons. The van der Waals surface area contributed by atoms with E-state index in [0.717, 1.165) is 0 Å². The van der Waals surface area contributed by atoms with E-state index in [9.17, 15) is 8.78 Å². The van der Waals surface area contributed by atoms with Crippen molar-refractivity contribution in [2.45, 2.75) is 20.3 Å². The summed E-state index contributed by atoms with van der Waals surface area (Å²) in [6.45, 7) is 2.26. The average molecular weight is 167 g/mol. The topological polar surface area (TPSA) is 52.8 Å². The lowest BCUT2D eigenvalue weighted by atomic mass is 9.89. The van der Waals surface area contributed by atoms with Crippen molar-refractivity contribution in [1.29, 1.82) is 0 Å². The SMILES string of the molecule is CC(C)(CO)/C(=N\O)C(F)F. The lowest BCUT2D eigenvalue weighted by Crippen LogP contribution is -2.33. The van der Waals surface area contributed by atoms with Crippen LogP contribution < -0.4 is 0 Å². The van der Waals surface area contributed by atoms with Crippen molar-refractivity contribution in [3.05, 3.63) is 0 Å². The van der Waals surface area contributed by atoms with E-state index in [2.05, 4.69) is 5.16 Å². The second-order valence-electron chi connectivity index (χ2n) is 2.83. The summed E-state index contributed by atoms with van der Waals surface area (Å²) in [5.74, 6) is 0. The molecule has 0 bridgehead atoms. The van der Waals surface area contributed by atoms with Crippen LogP contribution in [0.25, 0.3) is 0 Å². The summed E-state index contributed by atoms with van der Waals surface area (Å²) < 4.78 is 24.0. The van der Waals surface area contributed by atoms with E-state index in [-0.39, 0.29) is 0 Å². The van der Waals surface area contributed by atoms with Crippen LogP contribution in [0.4, 0.5) is 8.78 Å². The molecule has 0 amide bonds. The van der Waals surface area contributed by atoms with Gasteiger partial charge < -0.3 is 10.3 Å². The van der Waals surface area contributed by atoms with Crippen LogP contribution in [0.2, 0.25) is 0 Å². The van der Waals surface area contributed by atoms with E-state index in [0.29, 0.717) is 0 Å². The molecule has 0 rings (SSSR count). The van der Waals surface area contributed by atoms with Crippen molar-refractivity contribution in [2.24, 2.45) is 10.6 Å². The standard InChI is InChI=1S/C6H11F2NO2/c1-6(2,3-10)4(9-11)5(7)8/h5,10-11H,3H2,1-2H3/b9-4-. The lowest BCUT2D eigenvalue weighted by molar-refractivity contribution is 0.161. The highest BCUT2D eigenvalue weighted by atomic mass is 19.3. The van der Waals surface area contributed by atoms with Crippen molar-refractivity contribution >= 4 is 5.71 Å². The van der Waals surface area contributed by atoms with Crippen LogP contribution in [0, 0.1) is 5.41 Å². The molecule has 0 saturated heterocycles. The molecular weight excluding hydrogens is 156 g/mol. The smallest absolute Gasteiger partial charge is 0.280 e. The van der Waals surface area contributed by atoms with Gasteiger partial charge in [-0.15, -0.1) is 0 Å². The molecule has 5 heteroatoms. The first-order chi connectivity index (χ1) is 4.95. The van der Waals surface area contributed by atoms with E-state index in [4.69, 9.17) is 10.3 Å². The Balaban J connectivity index is 4.52. The Morgan fingerprint density at radius 2 is 2.00 bits per heavy atom. The van der Waals surface area contributed by atoms with Gasteiger partial charge in [0.25, 0.3) is 6.43 Å². The highest BCUT2D eigenvalue weighted by molar-refractivity contribution is 5.91. The van der Waals surface area contributed by atoms with Gasteiger partial charge in [-0.1, -0.05) is 19.0 Å². The van der Waals surface area contributed by atoms with Gasteiger partial charge in [-0.3, -0.25) is 0 Å². The first kappa shape index (κ1) is 10.3. The third-order valence-electron chi connectivity index (χ3n) is 1.40. The van der Waals surface area contributed by atoms with Crippen molar-refractivity contribution in [3.8, 4) is 0 Å². The molecule has 0 aliphatic rings. The molecule has 0 atom stereocenters. The largest absolute Gasteiger partial charge is 0.411 e. The first-order valence-corrected chi connectivity index (χ1v) is 3.07. The van der Waals surface area contributed by atoms with Crippen LogP contribution in [0.5, 0.6) is 0 Å². The average Bonchev–Trinajstić information content (AvgIpc) is 1.88. The fraction of sp³-hybridized carbons (Fsp3) is 0.833. The number of aliphatic hydroxyl groups is 1. The Morgan fingerprint density at radius 3 is 2.09 bits per heavy atom. The van der Waals surface area contributed by atoms with Gasteiger partial charge in [-0.25, -0.2) is 8.78 Å². The summed E-state index contributed by atoms with van der Waals surface area (Å²) in [5.41, 5.74) is -1.86. The van der Waals surface area contributed by atoms with Crippen molar-refractivity contribution in [1.82, 2.24) is 0 Å². The fourth-order valence-electron chi connectivity index (χ4n) is 0.555. The van der Waals surface area contributed by atoms with Crippen LogP contribution in [0.15, 0.2) is 5.16 Å². The summed E-state index contributed by atoms with van der Waals surface area (Å²) in [5, 5.41) is 19.2. The van der Waals surface area contributed by atoms with Crippen LogP contribution in [0.1, 0.15) is 13.8 Å². The van der Waals surface area contributed by atoms with Crippen LogP contribution >= 0.6 is 0 Å². The molecule has 0 aromatic carbocycles. The first-order valence-electron chi connectivity index (χ1n) is 3.07. The molecule has 0 heterocycles. The van der Waals surface area contributed by atoms with E-state index >= 15 is 0 Å². The lowest BCUT2D eigenvalue weighted by Gasteiger charge is -2.21. The highest BCUT2D eigenvalue weighted by Gasteiger charge is 2.31. The second-order valence-corrected chi connectivity index (χ2v) is 2.83. The number of hydrogen-bond donors (Lipinski definition) is 2. The number of alkyl halides is 2. The molecule has 0 spiro atoms. The number of nitrogens with zero attached hydrogens (tertiary/aromatic N) is 1. The van der Waals surface area contributed by atoms with Gasteiger partial charge in [0.2, 0.25) is 0 Å². The molecule has 0 aliphatic heterocycles. The maximum absolute atomic E-state index is 12.0. The van der Waals surface area contributed by atoms with Crippen LogP contribution in [-0.2, 0) is 0 Å². The summed E-state index contributed by atoms with van der Waals surface area (Å²) in [6, 6.07) is 0. The highest BCUT2D eigenvalue weighted by Crippen LogP contribution is 2.20. The summed E-state index contributed by atoms with van der Waals surface area (Å²) in [4.78, 5) is 0. The molecule has 0 aliphatic carbocycles. The predicted molar refractivity (Wildman–Crippen MR) is 36.1 cm³/mol. The number of halogens is 2. The molecule has 66 valence electrons. The molecule has 2 N–H and O–H groups in total. The summed E-state index contributed by atoms with van der Waals surface area (Å²) in [6.07, 6.45) is -2.83. The van der Waals surface area contributed by atoms with Crippen LogP contribution in [-0.4, -0.2) is 29.1 Å². The third-order valence-corrected chi connectivity index (χ3v) is 1.40. The van der Waals surface area contributed by atoms with Crippen LogP contribution in [0.3, 0.4) is 0 Å². The Kier molecular flexibility index (Phi) is 3.38. The van der Waals surface area contributed by atoms with Crippen molar-refractivity contribution < 1.29 is 19.1 Å². The monoisotopic (exact) mass is 167 g/mol. The van der Waals surface area contributed by atoms with Gasteiger partial charge in [0, 0.05) is 5.41 Å². The number of hydrogen-bond acceptors (Lipinski definition) is 3. The normalized spacial score (nSPS) is 14.2. The maximum Gasteiger partial charge on any atom is 0.280 e. The molecule has 0 fully saturated rings. The Morgan fingerprint density at radius 1 is 1.55 bits per heavy atom. The van der Waals surface area contributed by atoms with Gasteiger partial charge in [0.05, 0.1) is 6.61 Å². The molecule has 0 saturated carbocycles. The zero-order chi connectivity index (χ0) is 9.07. The Labute approximate surface area is 63.3 Å². The Hall–Kier alpha value is -0.710. The van der Waals surface area contributed by atoms with Gasteiger partial charge >= 0.3 is 0 Å². The van der Waals surface area contributed by atoms with E-state index in [1.165, 1.54) is 13.8 Å². The number of oxime groups is 1. The van der Waals surface area contributed by atoms with E-state index < -0.39 is 24.2 Å². The second kappa shape index (κ2) is 3.61. The molecule has 0 unspecified atom stereocenters. The fourth-order valence-corrected chi connectivity index (χ4v) is 0.555. The molecule has 3 nitrogen and oxygen atoms in total. The Bertz CT molecular complexity index is 157. The summed E-state index contributed by atoms with van der Waals surface area (Å²) >= 11 is 0. The van der Waals surface area contributed by atoms with Gasteiger partial charge in [-0.05, 0) is 0 Å². The molecule has 0 aromatic heterocycles. The zero-order valence-corrected chi connectivity index (χ0v) is 6.38. The van der Waals surface area contributed by atoms with E-state index in [1.807, 2.05) is 0 Å². The van der Waals surface area contributed by atoms with Gasteiger partial charge in [0.15, 0.2) is 0 Å². The minimum absolute atomic E-state index is 0.475. The van der Waals surface area contributed by atoms with Crippen molar-refractivity contribution in [2.75, 3.05) is 6.61 Å². The molecule has 0 aromatic rings. The van der Waals surface area contributed by atoms with E-state index in [1.54, 1.807) is 0 Å². The maximum atomic E-state index is 12.0. The zero-order valence-electron chi connectivity index (χ0n) is 6.38. The number of rotatable bonds is 3. The minimum Gasteiger partial charge on any atom is -0.411 e. The minimum atomic E-state index is -2.83. The quantitative estimate of drug-likeness (QED) is 0.375. The molecule has 11 heavy (non-hydrogen) atoms. The van der Waals surface area contributed by atoms with Crippen molar-refractivity contribution in [3.63, 3.8) is 0 Å². The molecular formula is C6H11F2NO2. The van der Waals surface area contributed by atoms with Gasteiger partial charge in [0.1, 0.15) is 5.71 Å². The number of aliphatic hydroxyl groups excluding tert-OH is 1. The van der Waals surface area contributed by atoms with Gasteiger partial charge in [-0.2, -0.15) is 0 Å². The summed E-state index contributed by atoms with van der Waals surface area (Å²) in [7, 11) is 0. The third kappa shape index (κ3) is 2.42. The predicted octanol–water partition coefficient (Wildman–Crippen LogP) is 1.10.